The van der Waals surface area contributed by atoms with Gasteiger partial charge in [-0.3, -0.25) is 14.4 Å². The van der Waals surface area contributed by atoms with E-state index < -0.39 is 0 Å². The highest BCUT2D eigenvalue weighted by molar-refractivity contribution is 7.97. The maximum absolute atomic E-state index is 11.9. The number of methoxy groups -OCH3 is 2. The molecule has 1 amide bonds. The molecule has 0 unspecified atom stereocenters. The van der Waals surface area contributed by atoms with Crippen molar-refractivity contribution in [2.24, 2.45) is 0 Å². The van der Waals surface area contributed by atoms with Gasteiger partial charge in [-0.2, -0.15) is 11.8 Å². The summed E-state index contributed by atoms with van der Waals surface area (Å²) in [5.74, 6) is 1.89. The Kier molecular flexibility index (Phi) is 16.4. The van der Waals surface area contributed by atoms with Crippen LogP contribution in [0.2, 0.25) is 0 Å². The summed E-state index contributed by atoms with van der Waals surface area (Å²) in [5.41, 5.74) is 2.47. The van der Waals surface area contributed by atoms with Crippen LogP contribution in [0.4, 0.5) is 4.70 Å². The van der Waals surface area contributed by atoms with E-state index >= 15 is 0 Å². The van der Waals surface area contributed by atoms with Crippen molar-refractivity contribution in [3.05, 3.63) is 59.7 Å². The number of hydrogen-bond acceptors (Lipinski definition) is 8. The fraction of sp³-hybridized carbons (Fsp3) is 0.594. The highest BCUT2D eigenvalue weighted by Crippen LogP contribution is 2.30. The lowest BCUT2D eigenvalue weighted by molar-refractivity contribution is -0.199. The third-order valence-corrected chi connectivity index (χ3v) is 7.60. The molecule has 0 spiro atoms. The van der Waals surface area contributed by atoms with Crippen LogP contribution >= 0.6 is 11.8 Å². The predicted molar refractivity (Wildman–Crippen MR) is 171 cm³/mol. The van der Waals surface area contributed by atoms with Gasteiger partial charge in [0.15, 0.2) is 0 Å². The van der Waals surface area contributed by atoms with Gasteiger partial charge in [0.1, 0.15) is 17.6 Å². The molecular weight excluding hydrogens is 570 g/mol. The predicted octanol–water partition coefficient (Wildman–Crippen LogP) is 4.41. The number of piperidine rings is 2. The highest BCUT2D eigenvalue weighted by Gasteiger charge is 2.44. The van der Waals surface area contributed by atoms with Crippen LogP contribution in [-0.4, -0.2) is 108 Å². The number of carbonyl (C=O) groups is 1. The van der Waals surface area contributed by atoms with E-state index in [4.69, 9.17) is 23.7 Å². The fourth-order valence-corrected chi connectivity index (χ4v) is 5.44. The van der Waals surface area contributed by atoms with Crippen LogP contribution in [0.5, 0.6) is 11.5 Å². The molecule has 7 fully saturated rings. The third kappa shape index (κ3) is 11.3. The fourth-order valence-electron chi connectivity index (χ4n) is 5.44. The molecular formula is C32H47BFN2O6S. The topological polar surface area (TPSA) is 69.7 Å². The maximum Gasteiger partial charge on any atom is 0.252 e. The zero-order valence-corrected chi connectivity index (χ0v) is 26.8. The summed E-state index contributed by atoms with van der Waals surface area (Å²) < 4.78 is 26.2. The SMILES string of the molecule is C1CCOC1.COc1ccc(CN2C[C@@H]3C[C@@H](O3)C2=O)cc1.COc1ccc(CN2C[C@H]3C[C@@H](C2)O3)cc1.CSC.F.[B]. The number of morpholine rings is 2. The molecule has 2 aromatic carbocycles. The standard InChI is InChI=1S/C13H15NO3.C13H17NO2.C4H8O.C2H6S.B.FH/c1-16-10-4-2-9(3-5-10)7-14-8-11-6-12(17-11)13(14)15;1-15-11-4-2-10(3-5-11)7-14-8-12-6-13(9-14)16-12;1-2-4-5-3-1;1-3-2;;/h2-5,11-12H,6-8H2,1H3;2-5,12-13H,6-9H2,1H3;1-4H2;1-2H3;;1H/t11-,12+;12-,13+;;;;/m0...../s1. The Balaban J connectivity index is 0.000000232. The molecule has 0 N–H and O–H groups in total. The van der Waals surface area contributed by atoms with E-state index in [9.17, 15) is 4.79 Å². The van der Waals surface area contributed by atoms with Gasteiger partial charge in [-0.25, -0.2) is 0 Å². The minimum Gasteiger partial charge on any atom is -0.497 e. The van der Waals surface area contributed by atoms with E-state index in [0.717, 1.165) is 62.9 Å². The van der Waals surface area contributed by atoms with Gasteiger partial charge < -0.3 is 28.6 Å². The zero-order chi connectivity index (χ0) is 29.0. The number of rotatable bonds is 6. The summed E-state index contributed by atoms with van der Waals surface area (Å²) in [6.45, 7) is 6.59. The number of amides is 1. The smallest absolute Gasteiger partial charge is 0.252 e. The lowest BCUT2D eigenvalue weighted by atomic mass is 9.97. The van der Waals surface area contributed by atoms with Crippen LogP contribution < -0.4 is 9.47 Å². The second-order valence-corrected chi connectivity index (χ2v) is 11.8. The van der Waals surface area contributed by atoms with E-state index in [1.165, 1.54) is 24.8 Å². The molecule has 7 aliphatic heterocycles. The number of ether oxygens (including phenoxy) is 5. The average Bonchev–Trinajstić information content (AvgIpc) is 3.55. The first-order valence-corrected chi connectivity index (χ1v) is 16.2. The summed E-state index contributed by atoms with van der Waals surface area (Å²) in [5, 5.41) is 0. The number of fused-ring (bicyclic) bond motifs is 4. The molecule has 237 valence electrons. The number of thioether (sulfide) groups is 1. The molecule has 0 aromatic heterocycles. The van der Waals surface area contributed by atoms with Gasteiger partial charge in [-0.1, -0.05) is 24.3 Å². The summed E-state index contributed by atoms with van der Waals surface area (Å²) in [6, 6.07) is 16.1. The number of halogens is 1. The van der Waals surface area contributed by atoms with Crippen molar-refractivity contribution >= 4 is 26.1 Å². The Hall–Kier alpha value is -2.31. The number of hydrogen-bond donors (Lipinski definition) is 0. The van der Waals surface area contributed by atoms with Gasteiger partial charge in [0.05, 0.1) is 32.5 Å². The van der Waals surface area contributed by atoms with Crippen LogP contribution in [0.15, 0.2) is 48.5 Å². The van der Waals surface area contributed by atoms with Crippen LogP contribution in [0.25, 0.3) is 0 Å². The number of nitrogens with zero attached hydrogens (tertiary/aromatic N) is 2. The molecule has 8 nitrogen and oxygen atoms in total. The third-order valence-electron chi connectivity index (χ3n) is 7.60. The van der Waals surface area contributed by atoms with Gasteiger partial charge in [-0.15, -0.1) is 0 Å². The minimum atomic E-state index is -0.174. The molecule has 7 heterocycles. The molecule has 3 radical (unpaired) electrons. The summed E-state index contributed by atoms with van der Waals surface area (Å²) in [7, 11) is 3.35. The Labute approximate surface area is 262 Å². The largest absolute Gasteiger partial charge is 0.497 e. The van der Waals surface area contributed by atoms with Crippen molar-refractivity contribution in [1.29, 1.82) is 0 Å². The van der Waals surface area contributed by atoms with Gasteiger partial charge in [0, 0.05) is 67.2 Å². The summed E-state index contributed by atoms with van der Waals surface area (Å²) in [4.78, 5) is 16.2. The molecule has 2 aromatic rings. The Morgan fingerprint density at radius 3 is 1.60 bits per heavy atom. The van der Waals surface area contributed by atoms with E-state index in [0.29, 0.717) is 18.8 Å². The van der Waals surface area contributed by atoms with Crippen molar-refractivity contribution < 1.29 is 33.2 Å². The van der Waals surface area contributed by atoms with E-state index in [1.54, 1.807) is 26.0 Å². The van der Waals surface area contributed by atoms with Crippen molar-refractivity contribution in [3.8, 4) is 11.5 Å². The lowest BCUT2D eigenvalue weighted by Crippen LogP contribution is -2.60. The molecule has 4 bridgehead atoms. The average molecular weight is 618 g/mol. The normalized spacial score (nSPS) is 24.4. The van der Waals surface area contributed by atoms with Gasteiger partial charge in [-0.05, 0) is 60.7 Å². The lowest BCUT2D eigenvalue weighted by Gasteiger charge is -2.47. The first-order valence-electron chi connectivity index (χ1n) is 14.6. The Bertz CT molecular complexity index is 1030. The first-order chi connectivity index (χ1) is 20.0. The number of carbonyl (C=O) groups excluding carboxylic acids is 1. The summed E-state index contributed by atoms with van der Waals surface area (Å²) >= 11 is 1.75. The van der Waals surface area contributed by atoms with E-state index in [1.807, 2.05) is 53.8 Å². The Morgan fingerprint density at radius 1 is 0.767 bits per heavy atom. The van der Waals surface area contributed by atoms with Gasteiger partial charge in [0.25, 0.3) is 5.91 Å². The van der Waals surface area contributed by atoms with Crippen LogP contribution in [0, 0.1) is 0 Å². The van der Waals surface area contributed by atoms with Crippen molar-refractivity contribution in [3.63, 3.8) is 0 Å². The number of benzene rings is 2. The molecule has 0 saturated carbocycles. The minimum absolute atomic E-state index is 0. The molecule has 7 saturated heterocycles. The quantitative estimate of drug-likeness (QED) is 0.442. The summed E-state index contributed by atoms with van der Waals surface area (Å²) in [6.07, 6.45) is 9.88. The molecule has 9 rings (SSSR count). The monoisotopic (exact) mass is 617 g/mol. The van der Waals surface area contributed by atoms with Crippen molar-refractivity contribution in [1.82, 2.24) is 9.80 Å². The van der Waals surface area contributed by atoms with Crippen LogP contribution in [0.3, 0.4) is 0 Å². The van der Waals surface area contributed by atoms with Crippen molar-refractivity contribution in [2.75, 3.05) is 59.6 Å². The van der Waals surface area contributed by atoms with Gasteiger partial charge in [0.2, 0.25) is 0 Å². The van der Waals surface area contributed by atoms with E-state index in [2.05, 4.69) is 17.0 Å². The first kappa shape index (κ1) is 36.9. The van der Waals surface area contributed by atoms with E-state index in [-0.39, 0.29) is 31.2 Å². The van der Waals surface area contributed by atoms with Crippen molar-refractivity contribution in [2.45, 2.75) is 63.2 Å². The molecule has 7 aliphatic rings. The second-order valence-electron chi connectivity index (χ2n) is 10.9. The molecule has 4 atom stereocenters. The molecule has 11 heteroatoms. The van der Waals surface area contributed by atoms with Crippen LogP contribution in [0.1, 0.15) is 36.8 Å². The highest BCUT2D eigenvalue weighted by atomic mass is 32.2. The second kappa shape index (κ2) is 19.2. The maximum atomic E-state index is 11.9. The molecule has 43 heavy (non-hydrogen) atoms. The van der Waals surface area contributed by atoms with Gasteiger partial charge >= 0.3 is 0 Å². The molecule has 0 aliphatic carbocycles. The zero-order valence-electron chi connectivity index (χ0n) is 25.9. The Morgan fingerprint density at radius 2 is 1.21 bits per heavy atom. The van der Waals surface area contributed by atoms with Crippen LogP contribution in [-0.2, 0) is 32.1 Å².